The van der Waals surface area contributed by atoms with Gasteiger partial charge in [-0.05, 0) is 12.8 Å². The van der Waals surface area contributed by atoms with Gasteiger partial charge in [-0.25, -0.2) is 0 Å². The van der Waals surface area contributed by atoms with E-state index in [1.54, 1.807) is 6.08 Å². The fourth-order valence-corrected chi connectivity index (χ4v) is 2.08. The molecular formula is C16H30O8S. The lowest BCUT2D eigenvalue weighted by Gasteiger charge is -2.03. The predicted octanol–water partition coefficient (Wildman–Crippen LogP) is 3.60. The Morgan fingerprint density at radius 1 is 0.920 bits per heavy atom. The molecule has 0 heterocycles. The zero-order valence-corrected chi connectivity index (χ0v) is 15.4. The van der Waals surface area contributed by atoms with E-state index in [2.05, 4.69) is 6.92 Å². The first-order valence-electron chi connectivity index (χ1n) is 8.39. The van der Waals surface area contributed by atoms with Crippen molar-refractivity contribution in [3.63, 3.8) is 0 Å². The summed E-state index contributed by atoms with van der Waals surface area (Å²) in [6.45, 7) is 2.21. The van der Waals surface area contributed by atoms with Gasteiger partial charge in [-0.15, -0.1) is 0 Å². The van der Waals surface area contributed by atoms with Crippen LogP contribution in [0, 0.1) is 5.92 Å². The molecule has 0 aliphatic carbocycles. The second-order valence-electron chi connectivity index (χ2n) is 5.68. The van der Waals surface area contributed by atoms with Gasteiger partial charge in [0.25, 0.3) is 0 Å². The van der Waals surface area contributed by atoms with Gasteiger partial charge in [-0.1, -0.05) is 64.0 Å². The van der Waals surface area contributed by atoms with Crippen molar-refractivity contribution in [2.45, 2.75) is 71.1 Å². The van der Waals surface area contributed by atoms with Gasteiger partial charge in [0.05, 0.1) is 12.3 Å². The lowest BCUT2D eigenvalue weighted by molar-refractivity contribution is -0.146. The average Bonchev–Trinajstić information content (AvgIpc) is 2.45. The Labute approximate surface area is 149 Å². The Bertz CT molecular complexity index is 476. The van der Waals surface area contributed by atoms with Crippen LogP contribution in [0.2, 0.25) is 0 Å². The van der Waals surface area contributed by atoms with Gasteiger partial charge in [0.15, 0.2) is 0 Å². The lowest BCUT2D eigenvalue weighted by Crippen LogP contribution is -2.15. The summed E-state index contributed by atoms with van der Waals surface area (Å²) in [6.07, 6.45) is 13.7. The fourth-order valence-electron chi connectivity index (χ4n) is 2.08. The first-order chi connectivity index (χ1) is 11.6. The average molecular weight is 382 g/mol. The predicted molar refractivity (Wildman–Crippen MR) is 93.9 cm³/mol. The first kappa shape index (κ1) is 25.8. The standard InChI is InChI=1S/C16H28O4.H2O4S/c1-2-3-4-5-6-7-8-9-10-11-12-14(16(19)20)13-15(17)18;1-5(2,3)4/h11-12,14H,2-10,13H2,1H3,(H,17,18)(H,19,20);(H2,1,2,3,4). The molecule has 148 valence electrons. The molecule has 1 atom stereocenters. The number of rotatable bonds is 13. The van der Waals surface area contributed by atoms with E-state index in [0.29, 0.717) is 0 Å². The highest BCUT2D eigenvalue weighted by molar-refractivity contribution is 7.79. The first-order valence-corrected chi connectivity index (χ1v) is 9.78. The zero-order valence-electron chi connectivity index (χ0n) is 14.6. The summed E-state index contributed by atoms with van der Waals surface area (Å²) in [4.78, 5) is 21.3. The molecule has 1 unspecified atom stereocenters. The Kier molecular flexibility index (Phi) is 16.5. The Morgan fingerprint density at radius 3 is 1.76 bits per heavy atom. The number of carbonyl (C=O) groups is 2. The molecule has 0 aliphatic rings. The van der Waals surface area contributed by atoms with Crippen LogP contribution in [0.3, 0.4) is 0 Å². The zero-order chi connectivity index (χ0) is 19.7. The van der Waals surface area contributed by atoms with Gasteiger partial charge in [0, 0.05) is 0 Å². The topological polar surface area (TPSA) is 149 Å². The van der Waals surface area contributed by atoms with E-state index >= 15 is 0 Å². The van der Waals surface area contributed by atoms with Crippen molar-refractivity contribution in [3.8, 4) is 0 Å². The van der Waals surface area contributed by atoms with Crippen molar-refractivity contribution in [1.29, 1.82) is 0 Å². The minimum atomic E-state index is -4.67. The van der Waals surface area contributed by atoms with Crippen molar-refractivity contribution in [2.24, 2.45) is 5.92 Å². The molecule has 0 saturated heterocycles. The number of carboxylic acid groups (broad SMARTS) is 2. The summed E-state index contributed by atoms with van der Waals surface area (Å²) in [5.74, 6) is -3.05. The molecule has 9 heteroatoms. The summed E-state index contributed by atoms with van der Waals surface area (Å²) in [5, 5.41) is 17.4. The molecule has 0 rings (SSSR count). The summed E-state index contributed by atoms with van der Waals surface area (Å²) >= 11 is 0. The molecule has 0 bridgehead atoms. The van der Waals surface area contributed by atoms with Crippen LogP contribution >= 0.6 is 0 Å². The molecule has 25 heavy (non-hydrogen) atoms. The van der Waals surface area contributed by atoms with Gasteiger partial charge in [-0.3, -0.25) is 18.7 Å². The maximum absolute atomic E-state index is 10.8. The maximum Gasteiger partial charge on any atom is 0.394 e. The molecule has 0 fully saturated rings. The van der Waals surface area contributed by atoms with Crippen molar-refractivity contribution in [3.05, 3.63) is 12.2 Å². The number of carboxylic acids is 2. The van der Waals surface area contributed by atoms with Crippen molar-refractivity contribution in [1.82, 2.24) is 0 Å². The summed E-state index contributed by atoms with van der Waals surface area (Å²) < 4.78 is 31.6. The van der Waals surface area contributed by atoms with Crippen LogP contribution in [0.15, 0.2) is 12.2 Å². The van der Waals surface area contributed by atoms with E-state index in [0.717, 1.165) is 19.3 Å². The molecule has 4 N–H and O–H groups in total. The number of unbranched alkanes of at least 4 members (excludes halogenated alkanes) is 8. The third-order valence-corrected chi connectivity index (χ3v) is 3.30. The van der Waals surface area contributed by atoms with Gasteiger partial charge in [0.1, 0.15) is 0 Å². The van der Waals surface area contributed by atoms with E-state index in [1.807, 2.05) is 0 Å². The molecule has 0 aromatic rings. The number of hydrogen-bond donors (Lipinski definition) is 4. The van der Waals surface area contributed by atoms with Crippen molar-refractivity contribution >= 4 is 22.3 Å². The molecule has 0 radical (unpaired) electrons. The largest absolute Gasteiger partial charge is 0.481 e. The van der Waals surface area contributed by atoms with Crippen molar-refractivity contribution < 1.29 is 37.3 Å². The van der Waals surface area contributed by atoms with Crippen LogP contribution in [0.5, 0.6) is 0 Å². The minimum absolute atomic E-state index is 0.344. The molecule has 0 aliphatic heterocycles. The van der Waals surface area contributed by atoms with Crippen LogP contribution in [0.25, 0.3) is 0 Å². The second kappa shape index (κ2) is 16.0. The summed E-state index contributed by atoms with van der Waals surface area (Å²) in [7, 11) is -4.67. The minimum Gasteiger partial charge on any atom is -0.481 e. The van der Waals surface area contributed by atoms with Gasteiger partial charge < -0.3 is 10.2 Å². The summed E-state index contributed by atoms with van der Waals surface area (Å²) in [5.41, 5.74) is 0. The number of aliphatic carboxylic acids is 2. The highest BCUT2D eigenvalue weighted by atomic mass is 32.3. The van der Waals surface area contributed by atoms with Gasteiger partial charge in [0.2, 0.25) is 0 Å². The van der Waals surface area contributed by atoms with E-state index < -0.39 is 28.3 Å². The third kappa shape index (κ3) is 27.7. The third-order valence-electron chi connectivity index (χ3n) is 3.30. The molecule has 0 amide bonds. The Balaban J connectivity index is 0. The van der Waals surface area contributed by atoms with Crippen LogP contribution in [-0.4, -0.2) is 39.7 Å². The molecule has 0 aromatic heterocycles. The van der Waals surface area contributed by atoms with E-state index in [4.69, 9.17) is 27.7 Å². The molecule has 8 nitrogen and oxygen atoms in total. The molecule has 0 saturated carbocycles. The highest BCUT2D eigenvalue weighted by Crippen LogP contribution is 2.11. The quantitative estimate of drug-likeness (QED) is 0.214. The van der Waals surface area contributed by atoms with Crippen LogP contribution < -0.4 is 0 Å². The van der Waals surface area contributed by atoms with Crippen LogP contribution in [-0.2, 0) is 20.0 Å². The monoisotopic (exact) mass is 382 g/mol. The molecule has 0 aromatic carbocycles. The van der Waals surface area contributed by atoms with Crippen LogP contribution in [0.1, 0.15) is 71.1 Å². The van der Waals surface area contributed by atoms with Crippen molar-refractivity contribution in [2.75, 3.05) is 0 Å². The lowest BCUT2D eigenvalue weighted by atomic mass is 10.0. The van der Waals surface area contributed by atoms with Gasteiger partial charge >= 0.3 is 22.3 Å². The normalized spacial score (nSPS) is 12.4. The van der Waals surface area contributed by atoms with E-state index in [-0.39, 0.29) is 6.42 Å². The highest BCUT2D eigenvalue weighted by Gasteiger charge is 2.17. The Morgan fingerprint density at radius 2 is 1.36 bits per heavy atom. The van der Waals surface area contributed by atoms with E-state index in [1.165, 1.54) is 44.6 Å². The maximum atomic E-state index is 10.8. The van der Waals surface area contributed by atoms with Crippen LogP contribution in [0.4, 0.5) is 0 Å². The molecular weight excluding hydrogens is 352 g/mol. The fraction of sp³-hybridized carbons (Fsp3) is 0.750. The second-order valence-corrected chi connectivity index (χ2v) is 6.58. The Hall–Kier alpha value is -1.45. The van der Waals surface area contributed by atoms with Gasteiger partial charge in [-0.2, -0.15) is 8.42 Å². The smallest absolute Gasteiger partial charge is 0.394 e. The molecule has 0 spiro atoms. The van der Waals surface area contributed by atoms with E-state index in [9.17, 15) is 9.59 Å². The number of allylic oxidation sites excluding steroid dienone is 1. The number of hydrogen-bond acceptors (Lipinski definition) is 4. The SMILES string of the molecule is CCCCCCCCCCC=CC(CC(=O)O)C(=O)O.O=S(=O)(O)O. The summed E-state index contributed by atoms with van der Waals surface area (Å²) in [6, 6.07) is 0.